The normalized spacial score (nSPS) is 11.9. The first kappa shape index (κ1) is 22.5. The maximum Gasteiger partial charge on any atom is 0.421 e. The van der Waals surface area contributed by atoms with Gasteiger partial charge in [0.25, 0.3) is 0 Å². The molecule has 0 spiro atoms. The largest absolute Gasteiger partial charge is 0.481 e. The molecule has 0 radical (unpaired) electrons. The van der Waals surface area contributed by atoms with Crippen LogP contribution in [0.2, 0.25) is 0 Å². The van der Waals surface area contributed by atoms with Gasteiger partial charge in [-0.2, -0.15) is 13.2 Å². The second-order valence-electron chi connectivity index (χ2n) is 7.38. The van der Waals surface area contributed by atoms with Gasteiger partial charge >= 0.3 is 12.1 Å². The number of nitrogens with zero attached hydrogens (tertiary/aromatic N) is 3. The lowest BCUT2D eigenvalue weighted by molar-refractivity contribution is -0.139. The Bertz CT molecular complexity index is 1060. The Morgan fingerprint density at radius 3 is 2.61 bits per heavy atom. The van der Waals surface area contributed by atoms with Crippen LogP contribution in [0.1, 0.15) is 50.7 Å². The van der Waals surface area contributed by atoms with Crippen LogP contribution in [0.5, 0.6) is 5.88 Å². The highest BCUT2D eigenvalue weighted by atomic mass is 19.4. The number of ether oxygens (including phenoxy) is 1. The number of carboxylic acids is 1. The molecule has 0 unspecified atom stereocenters. The van der Waals surface area contributed by atoms with E-state index in [1.54, 1.807) is 26.1 Å². The van der Waals surface area contributed by atoms with Crippen LogP contribution < -0.4 is 4.74 Å². The summed E-state index contributed by atoms with van der Waals surface area (Å²) in [6, 6.07) is 2.67. The number of carboxylic acid groups (broad SMARTS) is 1. The highest BCUT2D eigenvalue weighted by Crippen LogP contribution is 2.38. The Labute approximate surface area is 176 Å². The zero-order chi connectivity index (χ0) is 22.6. The summed E-state index contributed by atoms with van der Waals surface area (Å²) in [5.74, 6) is -1.33. The minimum absolute atomic E-state index is 0.0183. The van der Waals surface area contributed by atoms with Crippen molar-refractivity contribution in [1.82, 2.24) is 15.0 Å². The number of hydrogen-bond donors (Lipinski definition) is 1. The smallest absolute Gasteiger partial charge is 0.421 e. The topological polar surface area (TPSA) is 98.3 Å². The van der Waals surface area contributed by atoms with E-state index in [4.69, 9.17) is 14.3 Å². The number of halogens is 3. The van der Waals surface area contributed by atoms with E-state index in [0.29, 0.717) is 18.4 Å². The van der Waals surface area contributed by atoms with Gasteiger partial charge in [0.05, 0.1) is 11.7 Å². The molecule has 0 aromatic carbocycles. The van der Waals surface area contributed by atoms with Crippen LogP contribution in [0, 0.1) is 0 Å². The fraction of sp³-hybridized carbons (Fsp3) is 0.429. The van der Waals surface area contributed by atoms with Gasteiger partial charge < -0.3 is 14.3 Å². The molecule has 0 aliphatic carbocycles. The van der Waals surface area contributed by atoms with Crippen LogP contribution in [-0.2, 0) is 17.4 Å². The highest BCUT2D eigenvalue weighted by Gasteiger charge is 2.36. The molecule has 0 amide bonds. The van der Waals surface area contributed by atoms with Crippen LogP contribution in [0.3, 0.4) is 0 Å². The van der Waals surface area contributed by atoms with E-state index < -0.39 is 29.7 Å². The van der Waals surface area contributed by atoms with Crippen molar-refractivity contribution >= 4 is 17.2 Å². The molecule has 0 fully saturated rings. The number of oxazole rings is 1. The number of carbonyl (C=O) groups is 1. The summed E-state index contributed by atoms with van der Waals surface area (Å²) in [4.78, 5) is 22.8. The lowest BCUT2D eigenvalue weighted by Gasteiger charge is -2.15. The number of pyridine rings is 2. The van der Waals surface area contributed by atoms with E-state index in [1.165, 1.54) is 6.20 Å². The molecule has 1 N–H and O–H groups in total. The number of fused-ring (bicyclic) bond motifs is 1. The summed E-state index contributed by atoms with van der Waals surface area (Å²) in [5, 5.41) is 8.66. The van der Waals surface area contributed by atoms with E-state index in [2.05, 4.69) is 15.0 Å². The molecule has 0 bridgehead atoms. The molecule has 0 aliphatic heterocycles. The van der Waals surface area contributed by atoms with Gasteiger partial charge in [0, 0.05) is 18.8 Å². The number of aliphatic carboxylic acids is 1. The van der Waals surface area contributed by atoms with Crippen molar-refractivity contribution in [3.05, 3.63) is 35.7 Å². The summed E-state index contributed by atoms with van der Waals surface area (Å²) in [7, 11) is 0. The van der Waals surface area contributed by atoms with Crippen LogP contribution in [-0.4, -0.2) is 32.1 Å². The molecule has 0 saturated carbocycles. The first-order valence-corrected chi connectivity index (χ1v) is 9.85. The Kier molecular flexibility index (Phi) is 6.77. The van der Waals surface area contributed by atoms with E-state index in [1.807, 2.05) is 0 Å². The summed E-state index contributed by atoms with van der Waals surface area (Å²) in [6.45, 7) is 3.23. The summed E-state index contributed by atoms with van der Waals surface area (Å²) in [5.41, 5.74) is 0.583. The highest BCUT2D eigenvalue weighted by molar-refractivity contribution is 5.73. The maximum absolute atomic E-state index is 13.5. The van der Waals surface area contributed by atoms with Gasteiger partial charge in [-0.1, -0.05) is 6.42 Å². The standard InChI is InChI=1S/C21H22F3N3O4/c1-12(2)30-19-15(21(22,23)24)9-14(11-26-19)18-27-16-8-13(10-25-20(16)31-18)6-4-3-5-7-17(28)29/h8-12H,3-7H2,1-2H3,(H,28,29). The average molecular weight is 437 g/mol. The van der Waals surface area contributed by atoms with Crippen molar-refractivity contribution in [2.75, 3.05) is 0 Å². The monoisotopic (exact) mass is 437 g/mol. The molecular weight excluding hydrogens is 415 g/mol. The molecule has 3 heterocycles. The van der Waals surface area contributed by atoms with Gasteiger partial charge in [-0.25, -0.2) is 15.0 Å². The number of aryl methyl sites for hydroxylation is 1. The van der Waals surface area contributed by atoms with Crippen molar-refractivity contribution < 1.29 is 32.2 Å². The van der Waals surface area contributed by atoms with Crippen molar-refractivity contribution in [1.29, 1.82) is 0 Å². The first-order chi connectivity index (χ1) is 14.6. The Morgan fingerprint density at radius 1 is 1.16 bits per heavy atom. The molecular formula is C21H22F3N3O4. The summed E-state index contributed by atoms with van der Waals surface area (Å²) < 4.78 is 51.1. The molecule has 3 aromatic heterocycles. The molecule has 3 rings (SSSR count). The lowest BCUT2D eigenvalue weighted by atomic mass is 10.1. The molecule has 10 heteroatoms. The SMILES string of the molecule is CC(C)Oc1ncc(-c2nc3cc(CCCCCC(=O)O)cnc3o2)cc1C(F)(F)F. The quantitative estimate of drug-likeness (QED) is 0.455. The van der Waals surface area contributed by atoms with E-state index >= 15 is 0 Å². The van der Waals surface area contributed by atoms with E-state index in [9.17, 15) is 18.0 Å². The number of unbranched alkanes of at least 4 members (excludes halogenated alkanes) is 2. The van der Waals surface area contributed by atoms with Gasteiger partial charge in [-0.3, -0.25) is 4.79 Å². The van der Waals surface area contributed by atoms with Gasteiger partial charge in [0.2, 0.25) is 17.5 Å². The second kappa shape index (κ2) is 9.32. The number of alkyl halides is 3. The average Bonchev–Trinajstić information content (AvgIpc) is 3.10. The fourth-order valence-electron chi connectivity index (χ4n) is 3.00. The third-order valence-corrected chi connectivity index (χ3v) is 4.41. The summed E-state index contributed by atoms with van der Waals surface area (Å²) in [6.07, 6.45) is 0.719. The number of rotatable bonds is 9. The van der Waals surface area contributed by atoms with Crippen molar-refractivity contribution in [3.63, 3.8) is 0 Å². The van der Waals surface area contributed by atoms with E-state index in [-0.39, 0.29) is 23.6 Å². The Balaban J connectivity index is 1.80. The minimum atomic E-state index is -4.65. The Morgan fingerprint density at radius 2 is 1.94 bits per heavy atom. The first-order valence-electron chi connectivity index (χ1n) is 9.85. The van der Waals surface area contributed by atoms with Crippen molar-refractivity contribution in [3.8, 4) is 17.3 Å². The molecule has 31 heavy (non-hydrogen) atoms. The number of hydrogen-bond acceptors (Lipinski definition) is 6. The Hall–Kier alpha value is -3.17. The third-order valence-electron chi connectivity index (χ3n) is 4.41. The molecule has 0 atom stereocenters. The van der Waals surface area contributed by atoms with Crippen LogP contribution >= 0.6 is 0 Å². The van der Waals surface area contributed by atoms with Gasteiger partial charge in [0.1, 0.15) is 11.1 Å². The number of aromatic nitrogens is 3. The molecule has 166 valence electrons. The minimum Gasteiger partial charge on any atom is -0.481 e. The van der Waals surface area contributed by atoms with Crippen LogP contribution in [0.15, 0.2) is 28.9 Å². The van der Waals surface area contributed by atoms with Crippen LogP contribution in [0.25, 0.3) is 22.7 Å². The summed E-state index contributed by atoms with van der Waals surface area (Å²) >= 11 is 0. The van der Waals surface area contributed by atoms with Crippen molar-refractivity contribution in [2.24, 2.45) is 0 Å². The second-order valence-corrected chi connectivity index (χ2v) is 7.38. The van der Waals surface area contributed by atoms with Crippen molar-refractivity contribution in [2.45, 2.75) is 58.2 Å². The van der Waals surface area contributed by atoms with E-state index in [0.717, 1.165) is 24.5 Å². The van der Waals surface area contributed by atoms with Gasteiger partial charge in [-0.15, -0.1) is 0 Å². The maximum atomic E-state index is 13.5. The van der Waals surface area contributed by atoms with Crippen LogP contribution in [0.4, 0.5) is 13.2 Å². The van der Waals surface area contributed by atoms with Gasteiger partial charge in [0.15, 0.2) is 0 Å². The molecule has 3 aromatic rings. The predicted molar refractivity (Wildman–Crippen MR) is 106 cm³/mol. The van der Waals surface area contributed by atoms with Gasteiger partial charge in [-0.05, 0) is 50.8 Å². The molecule has 7 nitrogen and oxygen atoms in total. The predicted octanol–water partition coefficient (Wildman–Crippen LogP) is 5.28. The molecule has 0 aliphatic rings. The molecule has 0 saturated heterocycles. The third kappa shape index (κ3) is 5.93. The zero-order valence-corrected chi connectivity index (χ0v) is 17.1. The zero-order valence-electron chi connectivity index (χ0n) is 17.1. The lowest BCUT2D eigenvalue weighted by Crippen LogP contribution is -2.14. The fourth-order valence-corrected chi connectivity index (χ4v) is 3.00.